The molecule has 2 heteroatoms. The van der Waals surface area contributed by atoms with Crippen LogP contribution in [0.2, 0.25) is 0 Å². The SMILES string of the molecule is CN1CCCC1c1cccnc1.c1ccc2c(c1)Cc1ccccc1-2. The van der Waals surface area contributed by atoms with Crippen molar-refractivity contribution in [3.8, 4) is 11.1 Å². The van der Waals surface area contributed by atoms with Crippen molar-refractivity contribution >= 4 is 0 Å². The van der Waals surface area contributed by atoms with Gasteiger partial charge in [-0.3, -0.25) is 9.88 Å². The van der Waals surface area contributed by atoms with Crippen LogP contribution < -0.4 is 0 Å². The molecule has 3 aromatic rings. The Morgan fingerprint density at radius 2 is 1.56 bits per heavy atom. The van der Waals surface area contributed by atoms with Crippen molar-refractivity contribution < 1.29 is 0 Å². The maximum absolute atomic E-state index is 4.14. The molecule has 1 unspecified atom stereocenters. The predicted molar refractivity (Wildman–Crippen MR) is 104 cm³/mol. The summed E-state index contributed by atoms with van der Waals surface area (Å²) >= 11 is 0. The first-order valence-electron chi connectivity index (χ1n) is 9.09. The minimum absolute atomic E-state index is 0.610. The molecule has 2 aromatic carbocycles. The number of benzene rings is 2. The summed E-state index contributed by atoms with van der Waals surface area (Å²) < 4.78 is 0. The molecule has 1 fully saturated rings. The average molecular weight is 328 g/mol. The van der Waals surface area contributed by atoms with Crippen molar-refractivity contribution in [2.45, 2.75) is 25.3 Å². The second-order valence-electron chi connectivity index (χ2n) is 6.92. The van der Waals surface area contributed by atoms with Crippen molar-refractivity contribution in [3.63, 3.8) is 0 Å². The monoisotopic (exact) mass is 328 g/mol. The Bertz CT molecular complexity index is 798. The van der Waals surface area contributed by atoms with Crippen LogP contribution in [0.15, 0.2) is 73.1 Å². The summed E-state index contributed by atoms with van der Waals surface area (Å²) in [6.07, 6.45) is 7.51. The Balaban J connectivity index is 0.000000126. The van der Waals surface area contributed by atoms with Gasteiger partial charge in [0.25, 0.3) is 0 Å². The molecule has 0 amide bonds. The number of fused-ring (bicyclic) bond motifs is 3. The van der Waals surface area contributed by atoms with Gasteiger partial charge in [0.2, 0.25) is 0 Å². The van der Waals surface area contributed by atoms with Crippen LogP contribution >= 0.6 is 0 Å². The fraction of sp³-hybridized carbons (Fsp3) is 0.261. The van der Waals surface area contributed by atoms with E-state index in [2.05, 4.69) is 71.5 Å². The lowest BCUT2D eigenvalue weighted by Gasteiger charge is -2.18. The van der Waals surface area contributed by atoms with Gasteiger partial charge in [-0.15, -0.1) is 0 Å². The topological polar surface area (TPSA) is 16.1 Å². The lowest BCUT2D eigenvalue weighted by atomic mass is 10.1. The largest absolute Gasteiger partial charge is 0.299 e. The van der Waals surface area contributed by atoms with Gasteiger partial charge >= 0.3 is 0 Å². The fourth-order valence-corrected chi connectivity index (χ4v) is 3.98. The van der Waals surface area contributed by atoms with Crippen molar-refractivity contribution in [1.29, 1.82) is 0 Å². The molecule has 0 spiro atoms. The highest BCUT2D eigenvalue weighted by Crippen LogP contribution is 2.35. The summed E-state index contributed by atoms with van der Waals surface area (Å²) in [4.78, 5) is 6.54. The van der Waals surface area contributed by atoms with Crippen LogP contribution in [0.4, 0.5) is 0 Å². The zero-order valence-electron chi connectivity index (χ0n) is 14.7. The number of likely N-dealkylation sites (tertiary alicyclic amines) is 1. The molecular weight excluding hydrogens is 304 g/mol. The van der Waals surface area contributed by atoms with Crippen molar-refractivity contribution in [2.75, 3.05) is 13.6 Å². The summed E-state index contributed by atoms with van der Waals surface area (Å²) in [7, 11) is 2.19. The van der Waals surface area contributed by atoms with Crippen molar-refractivity contribution in [3.05, 3.63) is 89.7 Å². The minimum atomic E-state index is 0.610. The standard InChI is InChI=1S/C13H10.C10H14N2/c1-3-7-12-10(5-1)9-11-6-2-4-8-13(11)12;1-12-7-3-5-10(12)9-4-2-6-11-8-9/h1-8H,9H2;2,4,6,8,10H,3,5,7H2,1H3. The molecule has 1 saturated heterocycles. The molecule has 0 N–H and O–H groups in total. The Morgan fingerprint density at radius 1 is 0.880 bits per heavy atom. The van der Waals surface area contributed by atoms with Crippen LogP contribution in [0.3, 0.4) is 0 Å². The summed E-state index contributed by atoms with van der Waals surface area (Å²) in [5.74, 6) is 0. The number of hydrogen-bond acceptors (Lipinski definition) is 2. The second-order valence-corrected chi connectivity index (χ2v) is 6.92. The van der Waals surface area contributed by atoms with Gasteiger partial charge in [-0.2, -0.15) is 0 Å². The van der Waals surface area contributed by atoms with E-state index in [1.807, 2.05) is 18.5 Å². The van der Waals surface area contributed by atoms with Gasteiger partial charge in [-0.1, -0.05) is 54.6 Å². The number of aromatic nitrogens is 1. The highest BCUT2D eigenvalue weighted by molar-refractivity contribution is 5.76. The molecule has 5 rings (SSSR count). The van der Waals surface area contributed by atoms with Crippen molar-refractivity contribution in [2.24, 2.45) is 0 Å². The highest BCUT2D eigenvalue weighted by Gasteiger charge is 2.22. The van der Waals surface area contributed by atoms with Gasteiger partial charge in [0.05, 0.1) is 0 Å². The third kappa shape index (κ3) is 3.35. The first-order valence-corrected chi connectivity index (χ1v) is 9.09. The zero-order valence-corrected chi connectivity index (χ0v) is 14.7. The molecule has 1 atom stereocenters. The number of pyridine rings is 1. The quantitative estimate of drug-likeness (QED) is 0.483. The van der Waals surface area contributed by atoms with E-state index in [1.165, 1.54) is 47.2 Å². The van der Waals surface area contributed by atoms with E-state index in [0.717, 1.165) is 6.42 Å². The maximum atomic E-state index is 4.14. The Labute approximate surface area is 150 Å². The van der Waals surface area contributed by atoms with E-state index >= 15 is 0 Å². The van der Waals surface area contributed by atoms with Crippen LogP contribution in [-0.2, 0) is 6.42 Å². The summed E-state index contributed by atoms with van der Waals surface area (Å²) in [6.45, 7) is 1.22. The van der Waals surface area contributed by atoms with Gasteiger partial charge in [0.15, 0.2) is 0 Å². The third-order valence-corrected chi connectivity index (χ3v) is 5.30. The van der Waals surface area contributed by atoms with Crippen LogP contribution in [-0.4, -0.2) is 23.5 Å². The molecule has 1 aromatic heterocycles. The summed E-state index contributed by atoms with van der Waals surface area (Å²) in [5.41, 5.74) is 7.11. The molecular formula is C23H24N2. The lowest BCUT2D eigenvalue weighted by Crippen LogP contribution is -2.17. The number of hydrogen-bond donors (Lipinski definition) is 0. The Morgan fingerprint density at radius 3 is 2.12 bits per heavy atom. The summed E-state index contributed by atoms with van der Waals surface area (Å²) in [6, 6.07) is 22.1. The first-order chi connectivity index (χ1) is 12.3. The molecule has 0 radical (unpaired) electrons. The third-order valence-electron chi connectivity index (χ3n) is 5.30. The number of nitrogens with zero attached hydrogens (tertiary/aromatic N) is 2. The van der Waals surface area contributed by atoms with E-state index in [-0.39, 0.29) is 0 Å². The maximum Gasteiger partial charge on any atom is 0.0360 e. The molecule has 0 bridgehead atoms. The second kappa shape index (κ2) is 7.20. The van der Waals surface area contributed by atoms with Gasteiger partial charge in [-0.25, -0.2) is 0 Å². The van der Waals surface area contributed by atoms with Gasteiger partial charge in [-0.05, 0) is 66.7 Å². The molecule has 1 aliphatic heterocycles. The molecule has 2 heterocycles. The van der Waals surface area contributed by atoms with E-state index in [1.54, 1.807) is 0 Å². The van der Waals surface area contributed by atoms with Crippen LogP contribution in [0.25, 0.3) is 11.1 Å². The van der Waals surface area contributed by atoms with Gasteiger partial charge in [0, 0.05) is 18.4 Å². The first kappa shape index (κ1) is 16.0. The normalized spacial score (nSPS) is 18.2. The molecule has 0 saturated carbocycles. The van der Waals surface area contributed by atoms with E-state index in [0.29, 0.717) is 6.04 Å². The van der Waals surface area contributed by atoms with Gasteiger partial charge < -0.3 is 0 Å². The Hall–Kier alpha value is -2.45. The fourth-order valence-electron chi connectivity index (χ4n) is 3.98. The van der Waals surface area contributed by atoms with Crippen LogP contribution in [0.1, 0.15) is 35.6 Å². The molecule has 1 aliphatic carbocycles. The zero-order chi connectivity index (χ0) is 17.1. The summed E-state index contributed by atoms with van der Waals surface area (Å²) in [5, 5.41) is 0. The lowest BCUT2D eigenvalue weighted by molar-refractivity contribution is 0.317. The van der Waals surface area contributed by atoms with Gasteiger partial charge in [0.1, 0.15) is 0 Å². The predicted octanol–water partition coefficient (Wildman–Crippen LogP) is 5.11. The van der Waals surface area contributed by atoms with E-state index in [9.17, 15) is 0 Å². The smallest absolute Gasteiger partial charge is 0.0360 e. The average Bonchev–Trinajstić information content (AvgIpc) is 3.26. The van der Waals surface area contributed by atoms with Crippen LogP contribution in [0.5, 0.6) is 0 Å². The van der Waals surface area contributed by atoms with Crippen molar-refractivity contribution in [1.82, 2.24) is 9.88 Å². The molecule has 2 aliphatic rings. The number of rotatable bonds is 1. The molecule has 2 nitrogen and oxygen atoms in total. The van der Waals surface area contributed by atoms with E-state index in [4.69, 9.17) is 0 Å². The molecule has 126 valence electrons. The minimum Gasteiger partial charge on any atom is -0.299 e. The highest BCUT2D eigenvalue weighted by atomic mass is 15.1. The van der Waals surface area contributed by atoms with E-state index < -0.39 is 0 Å². The Kier molecular flexibility index (Phi) is 4.62. The molecule has 25 heavy (non-hydrogen) atoms. The van der Waals surface area contributed by atoms with Crippen LogP contribution in [0, 0.1) is 0 Å².